The molecule has 4 heteroatoms. The summed E-state index contributed by atoms with van der Waals surface area (Å²) in [5.41, 5.74) is 6.34. The molecule has 2 rings (SSSR count). The van der Waals surface area contributed by atoms with Gasteiger partial charge < -0.3 is 15.2 Å². The smallest absolute Gasteiger partial charge is 0.169 e. The molecule has 1 aromatic heterocycles. The van der Waals surface area contributed by atoms with Crippen LogP contribution in [0.15, 0.2) is 42.6 Å². The van der Waals surface area contributed by atoms with Gasteiger partial charge in [-0.15, -0.1) is 0 Å². The van der Waals surface area contributed by atoms with E-state index in [1.54, 1.807) is 12.3 Å². The van der Waals surface area contributed by atoms with Gasteiger partial charge >= 0.3 is 0 Å². The molecule has 0 saturated heterocycles. The van der Waals surface area contributed by atoms with Crippen molar-refractivity contribution in [3.63, 3.8) is 0 Å². The van der Waals surface area contributed by atoms with Gasteiger partial charge in [0.15, 0.2) is 11.5 Å². The van der Waals surface area contributed by atoms with Crippen molar-refractivity contribution < 1.29 is 9.47 Å². The summed E-state index contributed by atoms with van der Waals surface area (Å²) in [4.78, 5) is 4.12. The molecule has 0 aliphatic carbocycles. The first-order valence-corrected chi connectivity index (χ1v) is 5.88. The van der Waals surface area contributed by atoms with Crippen molar-refractivity contribution in [1.29, 1.82) is 0 Å². The van der Waals surface area contributed by atoms with Crippen molar-refractivity contribution >= 4 is 0 Å². The molecule has 4 nitrogen and oxygen atoms in total. The van der Waals surface area contributed by atoms with Gasteiger partial charge in [0.05, 0.1) is 12.3 Å². The van der Waals surface area contributed by atoms with Crippen molar-refractivity contribution in [2.75, 3.05) is 6.61 Å². The number of ether oxygens (including phenoxy) is 2. The standard InChI is InChI=1S/C14H16N2O2/c1-2-17-13-5-3-4-6-14(13)18-12-7-8-16-11(9-12)10-15/h3-9H,2,10,15H2,1H3. The Labute approximate surface area is 106 Å². The first-order chi connectivity index (χ1) is 8.83. The average Bonchev–Trinajstić information content (AvgIpc) is 2.41. The van der Waals surface area contributed by atoms with E-state index in [1.807, 2.05) is 37.3 Å². The van der Waals surface area contributed by atoms with E-state index in [0.29, 0.717) is 24.7 Å². The molecule has 0 spiro atoms. The van der Waals surface area contributed by atoms with Gasteiger partial charge in [0.2, 0.25) is 0 Å². The Hall–Kier alpha value is -2.07. The highest BCUT2D eigenvalue weighted by Gasteiger charge is 2.05. The fraction of sp³-hybridized carbons (Fsp3) is 0.214. The van der Waals surface area contributed by atoms with Gasteiger partial charge in [-0.2, -0.15) is 0 Å². The average molecular weight is 244 g/mol. The van der Waals surface area contributed by atoms with E-state index in [1.165, 1.54) is 0 Å². The summed E-state index contributed by atoms with van der Waals surface area (Å²) in [5, 5.41) is 0. The van der Waals surface area contributed by atoms with Gasteiger partial charge in [-0.05, 0) is 25.1 Å². The summed E-state index contributed by atoms with van der Waals surface area (Å²) in [7, 11) is 0. The quantitative estimate of drug-likeness (QED) is 0.878. The lowest BCUT2D eigenvalue weighted by Crippen LogP contribution is -1.99. The van der Waals surface area contributed by atoms with Crippen LogP contribution in [0.4, 0.5) is 0 Å². The normalized spacial score (nSPS) is 10.1. The van der Waals surface area contributed by atoms with Crippen LogP contribution in [0.5, 0.6) is 17.2 Å². The first kappa shape index (κ1) is 12.4. The van der Waals surface area contributed by atoms with Gasteiger partial charge in [0.1, 0.15) is 5.75 Å². The molecule has 0 amide bonds. The zero-order valence-electron chi connectivity index (χ0n) is 10.3. The summed E-state index contributed by atoms with van der Waals surface area (Å²) in [6, 6.07) is 11.2. The molecule has 0 bridgehead atoms. The van der Waals surface area contributed by atoms with Crippen LogP contribution in [0.2, 0.25) is 0 Å². The molecule has 94 valence electrons. The number of benzene rings is 1. The minimum Gasteiger partial charge on any atom is -0.490 e. The zero-order chi connectivity index (χ0) is 12.8. The van der Waals surface area contributed by atoms with Crippen LogP contribution in [0.25, 0.3) is 0 Å². The van der Waals surface area contributed by atoms with Crippen LogP contribution in [0.3, 0.4) is 0 Å². The lowest BCUT2D eigenvalue weighted by Gasteiger charge is -2.11. The van der Waals surface area contributed by atoms with E-state index in [9.17, 15) is 0 Å². The van der Waals surface area contributed by atoms with E-state index in [4.69, 9.17) is 15.2 Å². The SMILES string of the molecule is CCOc1ccccc1Oc1ccnc(CN)c1. The summed E-state index contributed by atoms with van der Waals surface area (Å²) >= 11 is 0. The van der Waals surface area contributed by atoms with Crippen LogP contribution in [-0.2, 0) is 6.54 Å². The Morgan fingerprint density at radius 3 is 2.67 bits per heavy atom. The van der Waals surface area contributed by atoms with Crippen LogP contribution in [0, 0.1) is 0 Å². The van der Waals surface area contributed by atoms with Crippen LogP contribution >= 0.6 is 0 Å². The Balaban J connectivity index is 2.22. The van der Waals surface area contributed by atoms with Crippen LogP contribution in [-0.4, -0.2) is 11.6 Å². The second-order valence-corrected chi connectivity index (χ2v) is 3.67. The molecule has 0 aliphatic heterocycles. The van der Waals surface area contributed by atoms with Gasteiger partial charge in [-0.25, -0.2) is 0 Å². The number of rotatable bonds is 5. The predicted octanol–water partition coefficient (Wildman–Crippen LogP) is 2.73. The molecular weight excluding hydrogens is 228 g/mol. The monoisotopic (exact) mass is 244 g/mol. The minimum absolute atomic E-state index is 0.393. The van der Waals surface area contributed by atoms with Crippen molar-refractivity contribution in [3.05, 3.63) is 48.3 Å². The third-order valence-electron chi connectivity index (χ3n) is 2.37. The zero-order valence-corrected chi connectivity index (χ0v) is 10.3. The van der Waals surface area contributed by atoms with Crippen molar-refractivity contribution in [1.82, 2.24) is 4.98 Å². The van der Waals surface area contributed by atoms with Crippen molar-refractivity contribution in [2.45, 2.75) is 13.5 Å². The number of nitrogens with zero attached hydrogens (tertiary/aromatic N) is 1. The molecule has 0 unspecified atom stereocenters. The highest BCUT2D eigenvalue weighted by Crippen LogP contribution is 2.31. The Kier molecular flexibility index (Phi) is 4.15. The molecule has 18 heavy (non-hydrogen) atoms. The molecular formula is C14H16N2O2. The Morgan fingerprint density at radius 2 is 1.94 bits per heavy atom. The third kappa shape index (κ3) is 2.99. The number of aromatic nitrogens is 1. The number of hydrogen-bond donors (Lipinski definition) is 1. The third-order valence-corrected chi connectivity index (χ3v) is 2.37. The molecule has 1 aromatic carbocycles. The molecule has 2 aromatic rings. The summed E-state index contributed by atoms with van der Waals surface area (Å²) in [6.45, 7) is 2.94. The second-order valence-electron chi connectivity index (χ2n) is 3.67. The van der Waals surface area contributed by atoms with Crippen molar-refractivity contribution in [2.24, 2.45) is 5.73 Å². The largest absolute Gasteiger partial charge is 0.490 e. The summed E-state index contributed by atoms with van der Waals surface area (Å²) < 4.78 is 11.3. The number of pyridine rings is 1. The van der Waals surface area contributed by atoms with E-state index < -0.39 is 0 Å². The van der Waals surface area contributed by atoms with E-state index in [-0.39, 0.29) is 0 Å². The van der Waals surface area contributed by atoms with Crippen molar-refractivity contribution in [3.8, 4) is 17.2 Å². The fourth-order valence-electron chi connectivity index (χ4n) is 1.57. The van der Waals surface area contributed by atoms with Crippen LogP contribution < -0.4 is 15.2 Å². The van der Waals surface area contributed by atoms with Crippen LogP contribution in [0.1, 0.15) is 12.6 Å². The van der Waals surface area contributed by atoms with Gasteiger partial charge in [-0.3, -0.25) is 4.98 Å². The lowest BCUT2D eigenvalue weighted by molar-refractivity contribution is 0.321. The van der Waals surface area contributed by atoms with E-state index in [2.05, 4.69) is 4.98 Å². The maximum atomic E-state index is 5.78. The maximum absolute atomic E-state index is 5.78. The first-order valence-electron chi connectivity index (χ1n) is 5.88. The van der Waals surface area contributed by atoms with Gasteiger partial charge in [0, 0.05) is 18.8 Å². The molecule has 0 atom stereocenters. The topological polar surface area (TPSA) is 57.4 Å². The molecule has 1 heterocycles. The fourth-order valence-corrected chi connectivity index (χ4v) is 1.57. The van der Waals surface area contributed by atoms with Gasteiger partial charge in [0.25, 0.3) is 0 Å². The van der Waals surface area contributed by atoms with E-state index in [0.717, 1.165) is 11.4 Å². The van der Waals surface area contributed by atoms with Gasteiger partial charge in [-0.1, -0.05) is 12.1 Å². The maximum Gasteiger partial charge on any atom is 0.169 e. The Bertz CT molecular complexity index is 515. The number of nitrogens with two attached hydrogens (primary N) is 1. The second kappa shape index (κ2) is 6.02. The lowest BCUT2D eigenvalue weighted by atomic mass is 10.3. The predicted molar refractivity (Wildman–Crippen MR) is 69.8 cm³/mol. The Morgan fingerprint density at radius 1 is 1.17 bits per heavy atom. The summed E-state index contributed by atoms with van der Waals surface area (Å²) in [6.07, 6.45) is 1.68. The molecule has 2 N–H and O–H groups in total. The van der Waals surface area contributed by atoms with E-state index >= 15 is 0 Å². The molecule has 0 saturated carbocycles. The molecule has 0 fully saturated rings. The molecule has 0 radical (unpaired) electrons. The highest BCUT2D eigenvalue weighted by atomic mass is 16.5. The molecule has 0 aliphatic rings. The highest BCUT2D eigenvalue weighted by molar-refractivity contribution is 5.42. The minimum atomic E-state index is 0.393. The number of para-hydroxylation sites is 2. The summed E-state index contributed by atoms with van der Waals surface area (Å²) in [5.74, 6) is 2.12. The number of hydrogen-bond acceptors (Lipinski definition) is 4.